The van der Waals surface area contributed by atoms with Gasteiger partial charge in [-0.05, 0) is 61.1 Å². The molecule has 35 heavy (non-hydrogen) atoms. The molecule has 0 radical (unpaired) electrons. The van der Waals surface area contributed by atoms with Crippen LogP contribution in [0.5, 0.6) is 0 Å². The second kappa shape index (κ2) is 20.4. The molecule has 0 unspecified atom stereocenters. The summed E-state index contributed by atoms with van der Waals surface area (Å²) in [6.45, 7) is 4.58. The molecule has 0 amide bonds. The number of aryl methyl sites for hydroxylation is 2. The first-order valence-corrected chi connectivity index (χ1v) is 15.3. The predicted molar refractivity (Wildman–Crippen MR) is 158 cm³/mol. The van der Waals surface area contributed by atoms with E-state index < -0.39 is 0 Å². The quantitative estimate of drug-likeness (QED) is 0.166. The van der Waals surface area contributed by atoms with Gasteiger partial charge in [-0.25, -0.2) is 0 Å². The molecule has 0 heterocycles. The van der Waals surface area contributed by atoms with Crippen LogP contribution in [-0.4, -0.2) is 0 Å². The summed E-state index contributed by atoms with van der Waals surface area (Å²) >= 11 is 0. The van der Waals surface area contributed by atoms with E-state index in [1.54, 1.807) is 0 Å². The van der Waals surface area contributed by atoms with E-state index in [4.69, 9.17) is 0 Å². The van der Waals surface area contributed by atoms with E-state index in [0.717, 1.165) is 0 Å². The van der Waals surface area contributed by atoms with Crippen LogP contribution in [0.25, 0.3) is 0 Å². The summed E-state index contributed by atoms with van der Waals surface area (Å²) in [6, 6.07) is 18.1. The van der Waals surface area contributed by atoms with E-state index in [1.807, 2.05) is 0 Å². The van der Waals surface area contributed by atoms with E-state index in [9.17, 15) is 0 Å². The van der Waals surface area contributed by atoms with Crippen molar-refractivity contribution in [2.75, 3.05) is 5.32 Å². The molecule has 0 aliphatic carbocycles. The zero-order chi connectivity index (χ0) is 24.8. The Morgan fingerprint density at radius 3 is 0.971 bits per heavy atom. The highest BCUT2D eigenvalue weighted by Gasteiger charge is 2.00. The summed E-state index contributed by atoms with van der Waals surface area (Å²) in [7, 11) is 0. The molecule has 0 aliphatic heterocycles. The van der Waals surface area contributed by atoms with E-state index >= 15 is 0 Å². The van der Waals surface area contributed by atoms with Crippen LogP contribution < -0.4 is 5.32 Å². The number of hydrogen-bond donors (Lipinski definition) is 1. The lowest BCUT2D eigenvalue weighted by Crippen LogP contribution is -1.93. The van der Waals surface area contributed by atoms with Gasteiger partial charge in [0.05, 0.1) is 0 Å². The zero-order valence-electron chi connectivity index (χ0n) is 23.3. The molecule has 0 atom stereocenters. The summed E-state index contributed by atoms with van der Waals surface area (Å²) < 4.78 is 0. The van der Waals surface area contributed by atoms with Gasteiger partial charge in [0.15, 0.2) is 0 Å². The molecule has 1 N–H and O–H groups in total. The molecule has 0 saturated carbocycles. The highest BCUT2D eigenvalue weighted by Crippen LogP contribution is 2.20. The highest BCUT2D eigenvalue weighted by molar-refractivity contribution is 5.60. The monoisotopic (exact) mass is 477 g/mol. The van der Waals surface area contributed by atoms with E-state index in [2.05, 4.69) is 67.7 Å². The van der Waals surface area contributed by atoms with Crippen molar-refractivity contribution in [1.29, 1.82) is 0 Å². The summed E-state index contributed by atoms with van der Waals surface area (Å²) in [5.41, 5.74) is 5.31. The van der Waals surface area contributed by atoms with Crippen LogP contribution in [0.3, 0.4) is 0 Å². The second-order valence-electron chi connectivity index (χ2n) is 10.7. The first-order chi connectivity index (χ1) is 17.3. The average Bonchev–Trinajstić information content (AvgIpc) is 2.88. The van der Waals surface area contributed by atoms with Crippen LogP contribution in [0.15, 0.2) is 48.5 Å². The minimum atomic E-state index is 1.19. The molecule has 2 aromatic carbocycles. The van der Waals surface area contributed by atoms with Gasteiger partial charge in [-0.2, -0.15) is 0 Å². The Balaban J connectivity index is 1.54. The molecule has 0 bridgehead atoms. The molecule has 0 fully saturated rings. The third-order valence-corrected chi connectivity index (χ3v) is 7.33. The van der Waals surface area contributed by atoms with Crippen molar-refractivity contribution in [3.05, 3.63) is 59.7 Å². The molecular weight excluding hydrogens is 422 g/mol. The maximum Gasteiger partial charge on any atom is 0.0384 e. The van der Waals surface area contributed by atoms with Gasteiger partial charge in [0, 0.05) is 11.4 Å². The molecular formula is C34H55N. The standard InChI is InChI=1S/C34H55N/c1-3-5-7-9-11-13-15-17-19-21-31-23-27-33(28-24-31)35-34-29-25-32(26-30-34)22-20-18-16-14-12-10-8-6-4-2/h23-30,35H,3-22H2,1-2H3. The fourth-order valence-electron chi connectivity index (χ4n) is 4.96. The Morgan fingerprint density at radius 2 is 0.657 bits per heavy atom. The molecule has 2 rings (SSSR count). The number of nitrogens with one attached hydrogen (secondary N) is 1. The van der Waals surface area contributed by atoms with Crippen molar-refractivity contribution < 1.29 is 0 Å². The van der Waals surface area contributed by atoms with Gasteiger partial charge in [0.1, 0.15) is 0 Å². The van der Waals surface area contributed by atoms with Crippen molar-refractivity contribution in [3.63, 3.8) is 0 Å². The lowest BCUT2D eigenvalue weighted by molar-refractivity contribution is 0.565. The van der Waals surface area contributed by atoms with Crippen molar-refractivity contribution in [1.82, 2.24) is 0 Å². The molecule has 0 aromatic heterocycles. The van der Waals surface area contributed by atoms with Gasteiger partial charge in [-0.1, -0.05) is 141 Å². The van der Waals surface area contributed by atoms with Crippen molar-refractivity contribution in [2.24, 2.45) is 0 Å². The van der Waals surface area contributed by atoms with Gasteiger partial charge in [-0.15, -0.1) is 0 Å². The largest absolute Gasteiger partial charge is 0.356 e. The third kappa shape index (κ3) is 15.1. The fraction of sp³-hybridized carbons (Fsp3) is 0.647. The number of anilines is 2. The molecule has 196 valence electrons. The minimum Gasteiger partial charge on any atom is -0.356 e. The Bertz CT molecular complexity index is 652. The summed E-state index contributed by atoms with van der Waals surface area (Å²) in [4.78, 5) is 0. The first kappa shape index (κ1) is 29.5. The normalized spacial score (nSPS) is 11.1. The van der Waals surface area contributed by atoms with Crippen LogP contribution in [0.2, 0.25) is 0 Å². The van der Waals surface area contributed by atoms with Gasteiger partial charge < -0.3 is 5.32 Å². The summed E-state index contributed by atoms with van der Waals surface area (Å²) in [5.74, 6) is 0. The van der Waals surface area contributed by atoms with E-state index in [0.29, 0.717) is 0 Å². The average molecular weight is 478 g/mol. The Labute approximate surface area is 218 Å². The minimum absolute atomic E-state index is 1.19. The van der Waals surface area contributed by atoms with Gasteiger partial charge in [0.25, 0.3) is 0 Å². The van der Waals surface area contributed by atoms with E-state index in [-0.39, 0.29) is 0 Å². The summed E-state index contributed by atoms with van der Waals surface area (Å²) in [5, 5.41) is 3.57. The topological polar surface area (TPSA) is 12.0 Å². The van der Waals surface area contributed by atoms with Gasteiger partial charge in [0.2, 0.25) is 0 Å². The number of hydrogen-bond acceptors (Lipinski definition) is 1. The smallest absolute Gasteiger partial charge is 0.0384 e. The molecule has 0 saturated heterocycles. The van der Waals surface area contributed by atoms with Crippen molar-refractivity contribution >= 4 is 11.4 Å². The highest BCUT2D eigenvalue weighted by atomic mass is 14.9. The van der Waals surface area contributed by atoms with E-state index in [1.165, 1.54) is 151 Å². The Kier molecular flexibility index (Phi) is 17.2. The maximum absolute atomic E-state index is 3.57. The molecule has 1 nitrogen and oxygen atoms in total. The van der Waals surface area contributed by atoms with Crippen LogP contribution >= 0.6 is 0 Å². The van der Waals surface area contributed by atoms with Crippen LogP contribution in [0, 0.1) is 0 Å². The Hall–Kier alpha value is -1.76. The Morgan fingerprint density at radius 1 is 0.371 bits per heavy atom. The molecule has 0 aliphatic rings. The summed E-state index contributed by atoms with van der Waals surface area (Å²) in [6.07, 6.45) is 27.6. The number of unbranched alkanes of at least 4 members (excludes halogenated alkanes) is 16. The van der Waals surface area contributed by atoms with Crippen LogP contribution in [-0.2, 0) is 12.8 Å². The number of rotatable bonds is 22. The number of benzene rings is 2. The molecule has 2 aromatic rings. The first-order valence-electron chi connectivity index (χ1n) is 15.3. The van der Waals surface area contributed by atoms with Crippen molar-refractivity contribution in [3.8, 4) is 0 Å². The van der Waals surface area contributed by atoms with Crippen LogP contribution in [0.1, 0.15) is 141 Å². The lowest BCUT2D eigenvalue weighted by atomic mass is 10.0. The van der Waals surface area contributed by atoms with Crippen molar-refractivity contribution in [2.45, 2.75) is 142 Å². The SMILES string of the molecule is CCCCCCCCCCCc1ccc(Nc2ccc(CCCCCCCCCCC)cc2)cc1. The molecule has 0 spiro atoms. The zero-order valence-corrected chi connectivity index (χ0v) is 23.3. The molecule has 1 heteroatoms. The third-order valence-electron chi connectivity index (χ3n) is 7.33. The second-order valence-corrected chi connectivity index (χ2v) is 10.7. The maximum atomic E-state index is 3.57. The predicted octanol–water partition coefficient (Wildman–Crippen LogP) is 11.6. The van der Waals surface area contributed by atoms with Gasteiger partial charge in [-0.3, -0.25) is 0 Å². The van der Waals surface area contributed by atoms with Gasteiger partial charge >= 0.3 is 0 Å². The fourth-order valence-corrected chi connectivity index (χ4v) is 4.96. The lowest BCUT2D eigenvalue weighted by Gasteiger charge is -2.09. The van der Waals surface area contributed by atoms with Crippen LogP contribution in [0.4, 0.5) is 11.4 Å².